The zero-order chi connectivity index (χ0) is 14.5. The molecule has 2 N–H and O–H groups in total. The summed E-state index contributed by atoms with van der Waals surface area (Å²) in [5, 5.41) is 5.81. The summed E-state index contributed by atoms with van der Waals surface area (Å²) >= 11 is 0. The first-order valence-corrected chi connectivity index (χ1v) is 6.32. The highest BCUT2D eigenvalue weighted by Crippen LogP contribution is 2.16. The number of anilines is 3. The highest BCUT2D eigenvalue weighted by Gasteiger charge is 2.08. The normalized spacial score (nSPS) is 9.95. The number of hydrogen-bond donors (Lipinski definition) is 2. The number of carbonyl (C=O) groups is 1. The van der Waals surface area contributed by atoms with Crippen LogP contribution in [-0.2, 0) is 0 Å². The first-order chi connectivity index (χ1) is 9.60. The maximum absolute atomic E-state index is 12.1. The number of rotatable bonds is 4. The maximum Gasteiger partial charge on any atom is 0.274 e. The van der Waals surface area contributed by atoms with E-state index in [1.165, 1.54) is 0 Å². The summed E-state index contributed by atoms with van der Waals surface area (Å²) in [6, 6.07) is 11.2. The molecule has 0 saturated heterocycles. The molecule has 0 unspecified atom stereocenters. The van der Waals surface area contributed by atoms with E-state index < -0.39 is 0 Å². The molecule has 2 rings (SSSR count). The SMILES string of the molecule is CNc1ccnc(C(=O)Nc2ccc(N(C)C)cc2)c1. The summed E-state index contributed by atoms with van der Waals surface area (Å²) < 4.78 is 0. The van der Waals surface area contributed by atoms with Crippen LogP contribution in [0.15, 0.2) is 42.6 Å². The summed E-state index contributed by atoms with van der Waals surface area (Å²) in [4.78, 5) is 18.2. The van der Waals surface area contributed by atoms with Gasteiger partial charge in [-0.05, 0) is 36.4 Å². The first kappa shape index (κ1) is 13.9. The predicted octanol–water partition coefficient (Wildman–Crippen LogP) is 2.44. The van der Waals surface area contributed by atoms with Crippen LogP contribution >= 0.6 is 0 Å². The second-order valence-corrected chi connectivity index (χ2v) is 4.58. The molecule has 0 bridgehead atoms. The van der Waals surface area contributed by atoms with Crippen LogP contribution in [0.2, 0.25) is 0 Å². The molecule has 0 aliphatic carbocycles. The van der Waals surface area contributed by atoms with Gasteiger partial charge in [-0.15, -0.1) is 0 Å². The van der Waals surface area contributed by atoms with E-state index in [1.54, 1.807) is 19.3 Å². The topological polar surface area (TPSA) is 57.3 Å². The third kappa shape index (κ3) is 3.26. The lowest BCUT2D eigenvalue weighted by molar-refractivity contribution is 0.102. The molecule has 5 nitrogen and oxygen atoms in total. The van der Waals surface area contributed by atoms with E-state index in [2.05, 4.69) is 15.6 Å². The van der Waals surface area contributed by atoms with Crippen molar-refractivity contribution in [1.82, 2.24) is 4.98 Å². The molecule has 0 atom stereocenters. The Morgan fingerprint density at radius 2 is 1.80 bits per heavy atom. The minimum absolute atomic E-state index is 0.222. The van der Waals surface area contributed by atoms with E-state index in [1.807, 2.05) is 49.3 Å². The van der Waals surface area contributed by atoms with E-state index in [4.69, 9.17) is 0 Å². The van der Waals surface area contributed by atoms with Crippen LogP contribution in [-0.4, -0.2) is 32.0 Å². The summed E-state index contributed by atoms with van der Waals surface area (Å²) in [6.45, 7) is 0. The van der Waals surface area contributed by atoms with Crippen molar-refractivity contribution >= 4 is 23.0 Å². The Bertz CT molecular complexity index is 593. The molecule has 0 saturated carbocycles. The zero-order valence-corrected chi connectivity index (χ0v) is 11.8. The van der Waals surface area contributed by atoms with Crippen LogP contribution in [0.4, 0.5) is 17.1 Å². The molecule has 1 aromatic heterocycles. The predicted molar refractivity (Wildman–Crippen MR) is 82.5 cm³/mol. The van der Waals surface area contributed by atoms with Crippen molar-refractivity contribution in [2.24, 2.45) is 0 Å². The first-order valence-electron chi connectivity index (χ1n) is 6.32. The van der Waals surface area contributed by atoms with Gasteiger partial charge < -0.3 is 15.5 Å². The molecule has 0 radical (unpaired) electrons. The molecule has 1 amide bonds. The molecule has 0 spiro atoms. The molecular formula is C15H18N4O. The Kier molecular flexibility index (Phi) is 4.20. The van der Waals surface area contributed by atoms with Crippen molar-refractivity contribution in [1.29, 1.82) is 0 Å². The van der Waals surface area contributed by atoms with Gasteiger partial charge in [-0.25, -0.2) is 0 Å². The Labute approximate surface area is 118 Å². The van der Waals surface area contributed by atoms with E-state index >= 15 is 0 Å². The van der Waals surface area contributed by atoms with Crippen LogP contribution in [0.5, 0.6) is 0 Å². The Balaban J connectivity index is 2.10. The third-order valence-electron chi connectivity index (χ3n) is 2.92. The minimum Gasteiger partial charge on any atom is -0.388 e. The maximum atomic E-state index is 12.1. The lowest BCUT2D eigenvalue weighted by Crippen LogP contribution is -2.14. The van der Waals surface area contributed by atoms with Gasteiger partial charge in [0.25, 0.3) is 5.91 Å². The smallest absolute Gasteiger partial charge is 0.274 e. The zero-order valence-electron chi connectivity index (χ0n) is 11.8. The van der Waals surface area contributed by atoms with Crippen molar-refractivity contribution in [2.45, 2.75) is 0 Å². The molecule has 0 aliphatic rings. The number of aromatic nitrogens is 1. The molecule has 2 aromatic rings. The number of benzene rings is 1. The van der Waals surface area contributed by atoms with Gasteiger partial charge in [0, 0.05) is 44.4 Å². The highest BCUT2D eigenvalue weighted by atomic mass is 16.1. The lowest BCUT2D eigenvalue weighted by atomic mass is 10.2. The fraction of sp³-hybridized carbons (Fsp3) is 0.200. The molecular weight excluding hydrogens is 252 g/mol. The van der Waals surface area contributed by atoms with Gasteiger partial charge in [0.1, 0.15) is 5.69 Å². The van der Waals surface area contributed by atoms with E-state index in [-0.39, 0.29) is 5.91 Å². The molecule has 5 heteroatoms. The van der Waals surface area contributed by atoms with Crippen LogP contribution in [0.25, 0.3) is 0 Å². The van der Waals surface area contributed by atoms with Gasteiger partial charge >= 0.3 is 0 Å². The summed E-state index contributed by atoms with van der Waals surface area (Å²) in [5.41, 5.74) is 3.07. The fourth-order valence-electron chi connectivity index (χ4n) is 1.75. The summed E-state index contributed by atoms with van der Waals surface area (Å²) in [6.07, 6.45) is 1.61. The number of nitrogens with one attached hydrogen (secondary N) is 2. The Hall–Kier alpha value is -2.56. The number of nitrogens with zero attached hydrogens (tertiary/aromatic N) is 2. The van der Waals surface area contributed by atoms with Gasteiger partial charge in [0.15, 0.2) is 0 Å². The molecule has 1 aromatic carbocycles. The monoisotopic (exact) mass is 270 g/mol. The van der Waals surface area contributed by atoms with Crippen molar-refractivity contribution in [3.8, 4) is 0 Å². The van der Waals surface area contributed by atoms with Gasteiger partial charge in [0.05, 0.1) is 0 Å². The molecule has 0 fully saturated rings. The second-order valence-electron chi connectivity index (χ2n) is 4.58. The fourth-order valence-corrected chi connectivity index (χ4v) is 1.75. The van der Waals surface area contributed by atoms with Crippen LogP contribution in [0.3, 0.4) is 0 Å². The highest BCUT2D eigenvalue weighted by molar-refractivity contribution is 6.03. The van der Waals surface area contributed by atoms with Crippen molar-refractivity contribution in [3.63, 3.8) is 0 Å². The third-order valence-corrected chi connectivity index (χ3v) is 2.92. The van der Waals surface area contributed by atoms with E-state index in [0.717, 1.165) is 17.1 Å². The quantitative estimate of drug-likeness (QED) is 0.896. The average Bonchev–Trinajstić information content (AvgIpc) is 2.47. The van der Waals surface area contributed by atoms with Crippen molar-refractivity contribution in [2.75, 3.05) is 36.7 Å². The van der Waals surface area contributed by atoms with Gasteiger partial charge in [0.2, 0.25) is 0 Å². The number of amides is 1. The Morgan fingerprint density at radius 3 is 2.40 bits per heavy atom. The molecule has 20 heavy (non-hydrogen) atoms. The summed E-state index contributed by atoms with van der Waals surface area (Å²) in [7, 11) is 5.75. The van der Waals surface area contributed by atoms with Crippen LogP contribution in [0, 0.1) is 0 Å². The number of hydrogen-bond acceptors (Lipinski definition) is 4. The molecule has 104 valence electrons. The summed E-state index contributed by atoms with van der Waals surface area (Å²) in [5.74, 6) is -0.222. The van der Waals surface area contributed by atoms with Crippen LogP contribution in [0.1, 0.15) is 10.5 Å². The van der Waals surface area contributed by atoms with Crippen molar-refractivity contribution in [3.05, 3.63) is 48.3 Å². The largest absolute Gasteiger partial charge is 0.388 e. The number of pyridine rings is 1. The van der Waals surface area contributed by atoms with Gasteiger partial charge in [-0.2, -0.15) is 0 Å². The van der Waals surface area contributed by atoms with E-state index in [0.29, 0.717) is 5.69 Å². The van der Waals surface area contributed by atoms with Gasteiger partial charge in [-0.1, -0.05) is 0 Å². The van der Waals surface area contributed by atoms with Gasteiger partial charge in [-0.3, -0.25) is 9.78 Å². The number of carbonyl (C=O) groups excluding carboxylic acids is 1. The lowest BCUT2D eigenvalue weighted by Gasteiger charge is -2.13. The second kappa shape index (κ2) is 6.06. The standard InChI is InChI=1S/C15H18N4O/c1-16-12-8-9-17-14(10-12)15(20)18-11-4-6-13(7-5-11)19(2)3/h4-10H,1-3H3,(H,16,17)(H,18,20). The molecule has 1 heterocycles. The van der Waals surface area contributed by atoms with Crippen LogP contribution < -0.4 is 15.5 Å². The van der Waals surface area contributed by atoms with Crippen molar-refractivity contribution < 1.29 is 4.79 Å². The average molecular weight is 270 g/mol. The molecule has 0 aliphatic heterocycles. The minimum atomic E-state index is -0.222. The Morgan fingerprint density at radius 1 is 1.10 bits per heavy atom. The van der Waals surface area contributed by atoms with E-state index in [9.17, 15) is 4.79 Å².